The maximum absolute atomic E-state index is 13.6. The molecule has 1 aliphatic heterocycles. The van der Waals surface area contributed by atoms with Crippen LogP contribution < -0.4 is 0 Å². The number of likely N-dealkylation sites (tertiary alicyclic amines) is 1. The number of aromatic nitrogens is 1. The van der Waals surface area contributed by atoms with E-state index in [9.17, 15) is 9.18 Å². The van der Waals surface area contributed by atoms with Crippen LogP contribution in [0.2, 0.25) is 0 Å². The zero-order valence-corrected chi connectivity index (χ0v) is 14.3. The third kappa shape index (κ3) is 2.72. The maximum Gasteiger partial charge on any atom is 0.227 e. The molecule has 1 aliphatic carbocycles. The number of halogens is 1. The number of carbonyl (C=O) groups excluding carboxylic acids is 1. The average Bonchev–Trinajstić information content (AvgIpc) is 2.89. The molecule has 1 saturated heterocycles. The number of rotatable bonds is 2. The van der Waals surface area contributed by atoms with E-state index >= 15 is 0 Å². The van der Waals surface area contributed by atoms with E-state index in [0.717, 1.165) is 41.5 Å². The molecule has 3 nitrogen and oxygen atoms in total. The number of H-pyrrole nitrogens is 1. The lowest BCUT2D eigenvalue weighted by atomic mass is 9.78. The number of amides is 1. The number of piperidine rings is 1. The van der Waals surface area contributed by atoms with Crippen molar-refractivity contribution in [2.45, 2.75) is 57.9 Å². The van der Waals surface area contributed by atoms with Crippen molar-refractivity contribution in [2.75, 3.05) is 6.54 Å². The molecule has 2 fully saturated rings. The van der Waals surface area contributed by atoms with Gasteiger partial charge in [0.25, 0.3) is 0 Å². The summed E-state index contributed by atoms with van der Waals surface area (Å²) in [5.74, 6) is 0.651. The molecule has 1 saturated carbocycles. The molecule has 2 unspecified atom stereocenters. The number of aryl methyl sites for hydroxylation is 1. The van der Waals surface area contributed by atoms with E-state index in [-0.39, 0.29) is 11.7 Å². The van der Waals surface area contributed by atoms with E-state index in [0.29, 0.717) is 18.4 Å². The van der Waals surface area contributed by atoms with Gasteiger partial charge in [0, 0.05) is 29.2 Å². The van der Waals surface area contributed by atoms with E-state index < -0.39 is 0 Å². The van der Waals surface area contributed by atoms with Crippen LogP contribution in [-0.4, -0.2) is 28.4 Å². The molecule has 4 rings (SSSR count). The molecule has 2 aliphatic rings. The zero-order valence-electron chi connectivity index (χ0n) is 14.3. The van der Waals surface area contributed by atoms with Gasteiger partial charge in [0.15, 0.2) is 0 Å². The van der Waals surface area contributed by atoms with Crippen molar-refractivity contribution in [1.29, 1.82) is 0 Å². The summed E-state index contributed by atoms with van der Waals surface area (Å²) >= 11 is 0. The van der Waals surface area contributed by atoms with E-state index in [2.05, 4.69) is 9.88 Å². The van der Waals surface area contributed by atoms with Crippen LogP contribution in [0.3, 0.4) is 0 Å². The standard InChI is InChI=1S/C20H25FN2O/c1-13-16(17-11-15(21)8-9-18(17)22-13)12-20(24)23-10-4-6-14-5-2-3-7-19(14)23/h8-9,11,14,19,22H,2-7,10,12H2,1H3. The molecule has 24 heavy (non-hydrogen) atoms. The van der Waals surface area contributed by atoms with Crippen LogP contribution in [0.1, 0.15) is 49.8 Å². The second-order valence-electron chi connectivity index (χ2n) is 7.44. The smallest absolute Gasteiger partial charge is 0.227 e. The fraction of sp³-hybridized carbons (Fsp3) is 0.550. The van der Waals surface area contributed by atoms with E-state index in [1.165, 1.54) is 31.7 Å². The van der Waals surface area contributed by atoms with E-state index in [1.807, 2.05) is 6.92 Å². The van der Waals surface area contributed by atoms with E-state index in [1.54, 1.807) is 12.1 Å². The first-order valence-electron chi connectivity index (χ1n) is 9.19. The van der Waals surface area contributed by atoms with Crippen LogP contribution >= 0.6 is 0 Å². The van der Waals surface area contributed by atoms with Crippen molar-refractivity contribution in [3.63, 3.8) is 0 Å². The molecule has 1 aromatic carbocycles. The molecule has 1 amide bonds. The highest BCUT2D eigenvalue weighted by atomic mass is 19.1. The van der Waals surface area contributed by atoms with Gasteiger partial charge in [-0.25, -0.2) is 4.39 Å². The van der Waals surface area contributed by atoms with Gasteiger partial charge in [-0.1, -0.05) is 12.8 Å². The van der Waals surface area contributed by atoms with Crippen molar-refractivity contribution < 1.29 is 9.18 Å². The molecule has 2 heterocycles. The summed E-state index contributed by atoms with van der Waals surface area (Å²) in [6.07, 6.45) is 7.73. The van der Waals surface area contributed by atoms with Crippen molar-refractivity contribution in [1.82, 2.24) is 9.88 Å². The number of carbonyl (C=O) groups is 1. The lowest BCUT2D eigenvalue weighted by Gasteiger charge is -2.44. The summed E-state index contributed by atoms with van der Waals surface area (Å²) in [5, 5.41) is 0.845. The predicted octanol–water partition coefficient (Wildman–Crippen LogP) is 4.34. The van der Waals surface area contributed by atoms with Crippen LogP contribution in [0.15, 0.2) is 18.2 Å². The third-order valence-corrected chi connectivity index (χ3v) is 5.97. The van der Waals surface area contributed by atoms with Gasteiger partial charge < -0.3 is 9.88 Å². The normalized spacial score (nSPS) is 24.2. The highest BCUT2D eigenvalue weighted by Crippen LogP contribution is 2.36. The molecule has 1 N–H and O–H groups in total. The first-order chi connectivity index (χ1) is 11.6. The summed E-state index contributed by atoms with van der Waals surface area (Å²) in [4.78, 5) is 18.4. The summed E-state index contributed by atoms with van der Waals surface area (Å²) in [5.41, 5.74) is 2.83. The molecule has 128 valence electrons. The topological polar surface area (TPSA) is 36.1 Å². The lowest BCUT2D eigenvalue weighted by molar-refractivity contribution is -0.136. The monoisotopic (exact) mass is 328 g/mol. The Bertz CT molecular complexity index is 764. The summed E-state index contributed by atoms with van der Waals surface area (Å²) in [6, 6.07) is 5.19. The molecular weight excluding hydrogens is 303 g/mol. The Balaban J connectivity index is 1.59. The van der Waals surface area contributed by atoms with Crippen LogP contribution in [0.4, 0.5) is 4.39 Å². The molecule has 0 radical (unpaired) electrons. The van der Waals surface area contributed by atoms with Crippen LogP contribution in [0.5, 0.6) is 0 Å². The Morgan fingerprint density at radius 2 is 2.04 bits per heavy atom. The van der Waals surface area contributed by atoms with E-state index in [4.69, 9.17) is 0 Å². The second-order valence-corrected chi connectivity index (χ2v) is 7.44. The van der Waals surface area contributed by atoms with Gasteiger partial charge in [-0.15, -0.1) is 0 Å². The number of aromatic amines is 1. The van der Waals surface area contributed by atoms with Crippen molar-refractivity contribution >= 4 is 16.8 Å². The van der Waals surface area contributed by atoms with Crippen LogP contribution in [0, 0.1) is 18.7 Å². The first kappa shape index (κ1) is 15.7. The van der Waals surface area contributed by atoms with Crippen molar-refractivity contribution in [3.05, 3.63) is 35.3 Å². The molecule has 2 atom stereocenters. The third-order valence-electron chi connectivity index (χ3n) is 5.97. The van der Waals surface area contributed by atoms with Gasteiger partial charge in [0.1, 0.15) is 5.82 Å². The minimum absolute atomic E-state index is 0.208. The van der Waals surface area contributed by atoms with Crippen molar-refractivity contribution in [2.24, 2.45) is 5.92 Å². The number of hydrogen-bond donors (Lipinski definition) is 1. The van der Waals surface area contributed by atoms with Gasteiger partial charge >= 0.3 is 0 Å². The molecule has 2 aromatic rings. The Kier molecular flexibility index (Phi) is 4.07. The summed E-state index contributed by atoms with van der Waals surface area (Å²) in [7, 11) is 0. The van der Waals surface area contributed by atoms with Gasteiger partial charge in [0.05, 0.1) is 6.42 Å². The number of hydrogen-bond acceptors (Lipinski definition) is 1. The Hall–Kier alpha value is -1.84. The van der Waals surface area contributed by atoms with Crippen molar-refractivity contribution in [3.8, 4) is 0 Å². The zero-order chi connectivity index (χ0) is 16.7. The largest absolute Gasteiger partial charge is 0.358 e. The molecule has 1 aromatic heterocycles. The molecule has 0 spiro atoms. The quantitative estimate of drug-likeness (QED) is 0.874. The number of fused-ring (bicyclic) bond motifs is 2. The maximum atomic E-state index is 13.6. The van der Waals surface area contributed by atoms with Crippen LogP contribution in [-0.2, 0) is 11.2 Å². The summed E-state index contributed by atoms with van der Waals surface area (Å²) < 4.78 is 13.6. The lowest BCUT2D eigenvalue weighted by Crippen LogP contribution is -2.50. The fourth-order valence-electron chi connectivity index (χ4n) is 4.77. The summed E-state index contributed by atoms with van der Waals surface area (Å²) in [6.45, 7) is 2.86. The van der Waals surface area contributed by atoms with Gasteiger partial charge in [0.2, 0.25) is 5.91 Å². The van der Waals surface area contributed by atoms with Gasteiger partial charge in [-0.3, -0.25) is 4.79 Å². The second kappa shape index (κ2) is 6.23. The van der Waals surface area contributed by atoms with Gasteiger partial charge in [-0.2, -0.15) is 0 Å². The minimum Gasteiger partial charge on any atom is -0.358 e. The Labute approximate surface area is 142 Å². The average molecular weight is 328 g/mol. The Morgan fingerprint density at radius 3 is 2.92 bits per heavy atom. The highest BCUT2D eigenvalue weighted by molar-refractivity contribution is 5.90. The number of benzene rings is 1. The molecular formula is C20H25FN2O. The molecule has 0 bridgehead atoms. The van der Waals surface area contributed by atoms with Gasteiger partial charge in [-0.05, 0) is 62.3 Å². The first-order valence-corrected chi connectivity index (χ1v) is 9.19. The predicted molar refractivity (Wildman–Crippen MR) is 93.4 cm³/mol. The highest BCUT2D eigenvalue weighted by Gasteiger charge is 2.35. The fourth-order valence-corrected chi connectivity index (χ4v) is 4.77. The van der Waals surface area contributed by atoms with Crippen LogP contribution in [0.25, 0.3) is 10.9 Å². The number of nitrogens with one attached hydrogen (secondary N) is 1. The molecule has 4 heteroatoms. The Morgan fingerprint density at radius 1 is 1.25 bits per heavy atom. The minimum atomic E-state index is -0.250. The number of nitrogens with zero attached hydrogens (tertiary/aromatic N) is 1. The SMILES string of the molecule is Cc1[nH]c2ccc(F)cc2c1CC(=O)N1CCCC2CCCCC21.